The zero-order chi connectivity index (χ0) is 22.1. The fourth-order valence-corrected chi connectivity index (χ4v) is 4.49. The molecule has 3 aromatic carbocycles. The molecular formula is C23H18ClNO5. The molecule has 6 nitrogen and oxygen atoms in total. The number of hydrogen-bond acceptors (Lipinski definition) is 5. The number of phenolic OH excluding ortho intramolecular Hbond substituents is 2. The number of carbonyl (C=O) groups is 2. The number of aromatic carboxylic acids is 1. The van der Waals surface area contributed by atoms with Crippen LogP contribution in [-0.4, -0.2) is 32.8 Å². The summed E-state index contributed by atoms with van der Waals surface area (Å²) in [6.07, 6.45) is 0.201. The second-order valence-corrected chi connectivity index (χ2v) is 7.79. The van der Waals surface area contributed by atoms with Gasteiger partial charge in [0.25, 0.3) is 0 Å². The highest BCUT2D eigenvalue weighted by Crippen LogP contribution is 2.44. The first-order valence-corrected chi connectivity index (χ1v) is 9.69. The molecule has 0 saturated carbocycles. The first-order valence-electron chi connectivity index (χ1n) is 9.31. The van der Waals surface area contributed by atoms with Crippen molar-refractivity contribution in [3.8, 4) is 11.5 Å². The maximum absolute atomic E-state index is 13.5. The summed E-state index contributed by atoms with van der Waals surface area (Å²) < 4.78 is 0. The van der Waals surface area contributed by atoms with E-state index in [0.717, 1.165) is 5.56 Å². The molecule has 0 aromatic heterocycles. The summed E-state index contributed by atoms with van der Waals surface area (Å²) in [6, 6.07) is 4.43. The topological polar surface area (TPSA) is 119 Å². The molecule has 0 radical (unpaired) electrons. The minimum atomic E-state index is -1.27. The zero-order valence-corrected chi connectivity index (χ0v) is 17.2. The first-order chi connectivity index (χ1) is 14.1. The Kier molecular flexibility index (Phi) is 4.36. The van der Waals surface area contributed by atoms with Crippen LogP contribution >= 0.6 is 11.6 Å². The minimum absolute atomic E-state index is 0.00319. The second-order valence-electron chi connectivity index (χ2n) is 7.41. The number of ketones is 1. The molecule has 1 aliphatic rings. The van der Waals surface area contributed by atoms with E-state index in [-0.39, 0.29) is 51.3 Å². The van der Waals surface area contributed by atoms with Crippen molar-refractivity contribution in [2.45, 2.75) is 27.2 Å². The van der Waals surface area contributed by atoms with E-state index < -0.39 is 17.5 Å². The quantitative estimate of drug-likeness (QED) is 0.371. The van der Waals surface area contributed by atoms with Crippen LogP contribution in [0.25, 0.3) is 10.8 Å². The standard InChI is InChI=1S/C23H18ClNO5/c1-4-11-12(23(29)30)7-13-16(21(11)27)20(25)17-14(26)6-10-5-8(2)19(24)9(3)15(10)18(17)22(13)28/h5-7,25-27H,4H2,1-3H3,(H,29,30). The van der Waals surface area contributed by atoms with Crippen LogP contribution in [0.15, 0.2) is 18.2 Å². The van der Waals surface area contributed by atoms with Gasteiger partial charge < -0.3 is 15.3 Å². The molecule has 0 heterocycles. The Balaban J connectivity index is 2.18. The van der Waals surface area contributed by atoms with Crippen LogP contribution in [0, 0.1) is 19.3 Å². The SMILES string of the molecule is CCc1c(C(=O)O)cc2c(c1O)C(=N)c1c(O)cc3cc(C)c(Cl)c(C)c3c1C2=O. The molecule has 30 heavy (non-hydrogen) atoms. The van der Waals surface area contributed by atoms with Crippen LogP contribution in [0.3, 0.4) is 0 Å². The lowest BCUT2D eigenvalue weighted by atomic mass is 9.77. The van der Waals surface area contributed by atoms with Crippen molar-refractivity contribution in [2.24, 2.45) is 0 Å². The lowest BCUT2D eigenvalue weighted by Gasteiger charge is -2.25. The molecule has 7 heteroatoms. The average molecular weight is 424 g/mol. The summed E-state index contributed by atoms with van der Waals surface area (Å²) in [4.78, 5) is 25.3. The molecule has 4 N–H and O–H groups in total. The van der Waals surface area contributed by atoms with Gasteiger partial charge in [-0.2, -0.15) is 0 Å². The van der Waals surface area contributed by atoms with Gasteiger partial charge >= 0.3 is 5.97 Å². The Morgan fingerprint density at radius 3 is 2.37 bits per heavy atom. The van der Waals surface area contributed by atoms with E-state index in [4.69, 9.17) is 17.0 Å². The van der Waals surface area contributed by atoms with Crippen LogP contribution in [0.5, 0.6) is 11.5 Å². The molecule has 0 spiro atoms. The summed E-state index contributed by atoms with van der Waals surface area (Å²) in [7, 11) is 0. The van der Waals surface area contributed by atoms with Gasteiger partial charge in [-0.1, -0.05) is 18.5 Å². The van der Waals surface area contributed by atoms with E-state index in [0.29, 0.717) is 21.4 Å². The summed E-state index contributed by atoms with van der Waals surface area (Å²) >= 11 is 6.41. The fourth-order valence-electron chi connectivity index (χ4n) is 4.34. The number of aryl methyl sites for hydroxylation is 2. The summed E-state index contributed by atoms with van der Waals surface area (Å²) in [5.41, 5.74) is 1.05. The Hall–Kier alpha value is -3.38. The van der Waals surface area contributed by atoms with Gasteiger partial charge in [-0.3, -0.25) is 10.2 Å². The number of carbonyl (C=O) groups excluding carboxylic acids is 1. The number of carboxylic acids is 1. The van der Waals surface area contributed by atoms with Crippen molar-refractivity contribution in [2.75, 3.05) is 0 Å². The number of phenols is 2. The lowest BCUT2D eigenvalue weighted by molar-refractivity contribution is 0.0695. The molecule has 3 aromatic rings. The van der Waals surface area contributed by atoms with E-state index in [1.807, 2.05) is 6.92 Å². The van der Waals surface area contributed by atoms with E-state index in [1.54, 1.807) is 19.9 Å². The van der Waals surface area contributed by atoms with Crippen molar-refractivity contribution in [1.82, 2.24) is 0 Å². The van der Waals surface area contributed by atoms with Gasteiger partial charge in [-0.05, 0) is 60.4 Å². The van der Waals surface area contributed by atoms with Crippen molar-refractivity contribution in [3.63, 3.8) is 0 Å². The third kappa shape index (κ3) is 2.47. The summed E-state index contributed by atoms with van der Waals surface area (Å²) in [6.45, 7) is 5.24. The second kappa shape index (κ2) is 6.57. The van der Waals surface area contributed by atoms with Crippen LogP contribution in [0.4, 0.5) is 0 Å². The predicted octanol–water partition coefficient (Wildman–Crippen LogP) is 4.74. The van der Waals surface area contributed by atoms with Crippen LogP contribution < -0.4 is 0 Å². The molecule has 0 aliphatic heterocycles. The van der Waals surface area contributed by atoms with Gasteiger partial charge in [0, 0.05) is 21.7 Å². The van der Waals surface area contributed by atoms with E-state index in [2.05, 4.69) is 0 Å². The highest BCUT2D eigenvalue weighted by molar-refractivity contribution is 6.37. The van der Waals surface area contributed by atoms with Gasteiger partial charge in [0.05, 0.1) is 22.4 Å². The third-order valence-electron chi connectivity index (χ3n) is 5.72. The number of nitrogens with one attached hydrogen (secondary N) is 1. The van der Waals surface area contributed by atoms with E-state index >= 15 is 0 Å². The zero-order valence-electron chi connectivity index (χ0n) is 16.5. The molecule has 0 atom stereocenters. The first kappa shape index (κ1) is 19.9. The number of hydrogen-bond donors (Lipinski definition) is 4. The normalized spacial score (nSPS) is 12.8. The lowest BCUT2D eigenvalue weighted by Crippen LogP contribution is -2.24. The molecule has 0 amide bonds. The van der Waals surface area contributed by atoms with Crippen LogP contribution in [0.1, 0.15) is 61.0 Å². The largest absolute Gasteiger partial charge is 0.507 e. The van der Waals surface area contributed by atoms with E-state index in [9.17, 15) is 24.9 Å². The molecule has 0 saturated heterocycles. The van der Waals surface area contributed by atoms with Crippen LogP contribution in [-0.2, 0) is 6.42 Å². The summed E-state index contributed by atoms with van der Waals surface area (Å²) in [5.74, 6) is -2.52. The van der Waals surface area contributed by atoms with E-state index in [1.165, 1.54) is 12.1 Å². The Bertz CT molecular complexity index is 1340. The Labute approximate surface area is 176 Å². The van der Waals surface area contributed by atoms with Crippen molar-refractivity contribution in [1.29, 1.82) is 5.41 Å². The number of rotatable bonds is 2. The molecule has 0 bridgehead atoms. The molecule has 0 fully saturated rings. The fraction of sp³-hybridized carbons (Fsp3) is 0.174. The van der Waals surface area contributed by atoms with Crippen molar-refractivity contribution < 1.29 is 24.9 Å². The third-order valence-corrected chi connectivity index (χ3v) is 6.30. The maximum atomic E-state index is 13.5. The molecular weight excluding hydrogens is 406 g/mol. The van der Waals surface area contributed by atoms with Gasteiger partial charge in [0.2, 0.25) is 0 Å². The van der Waals surface area contributed by atoms with Gasteiger partial charge in [-0.15, -0.1) is 0 Å². The smallest absolute Gasteiger partial charge is 0.336 e. The molecule has 1 aliphatic carbocycles. The van der Waals surface area contributed by atoms with Gasteiger partial charge in [-0.25, -0.2) is 4.79 Å². The highest BCUT2D eigenvalue weighted by atomic mass is 35.5. The average Bonchev–Trinajstić information content (AvgIpc) is 2.68. The number of carboxylic acid groups (broad SMARTS) is 1. The molecule has 152 valence electrons. The summed E-state index contributed by atoms with van der Waals surface area (Å²) in [5, 5.41) is 41.2. The Morgan fingerprint density at radius 2 is 1.77 bits per heavy atom. The maximum Gasteiger partial charge on any atom is 0.336 e. The monoisotopic (exact) mass is 423 g/mol. The van der Waals surface area contributed by atoms with Gasteiger partial charge in [0.15, 0.2) is 5.78 Å². The minimum Gasteiger partial charge on any atom is -0.507 e. The molecule has 0 unspecified atom stereocenters. The number of fused-ring (bicyclic) bond motifs is 4. The predicted molar refractivity (Wildman–Crippen MR) is 114 cm³/mol. The van der Waals surface area contributed by atoms with Crippen LogP contribution in [0.2, 0.25) is 5.02 Å². The Morgan fingerprint density at radius 1 is 1.10 bits per heavy atom. The van der Waals surface area contributed by atoms with Crippen molar-refractivity contribution in [3.05, 3.63) is 67.7 Å². The van der Waals surface area contributed by atoms with Crippen molar-refractivity contribution >= 4 is 39.8 Å². The van der Waals surface area contributed by atoms with Gasteiger partial charge in [0.1, 0.15) is 11.5 Å². The number of aromatic hydroxyl groups is 2. The molecule has 4 rings (SSSR count). The highest BCUT2D eigenvalue weighted by Gasteiger charge is 2.36. The number of halogens is 1. The number of benzene rings is 3.